The van der Waals surface area contributed by atoms with Gasteiger partial charge in [0, 0.05) is 18.8 Å². The van der Waals surface area contributed by atoms with Crippen LogP contribution in [-0.4, -0.2) is 20.1 Å². The van der Waals surface area contributed by atoms with Crippen molar-refractivity contribution < 1.29 is 14.3 Å². The van der Waals surface area contributed by atoms with E-state index in [4.69, 9.17) is 15.2 Å². The lowest BCUT2D eigenvalue weighted by molar-refractivity contribution is -0.117. The molecule has 0 aromatic heterocycles. The van der Waals surface area contributed by atoms with Crippen LogP contribution in [0.25, 0.3) is 6.08 Å². The van der Waals surface area contributed by atoms with Gasteiger partial charge in [-0.15, -0.1) is 0 Å². The van der Waals surface area contributed by atoms with E-state index in [0.717, 1.165) is 11.3 Å². The van der Waals surface area contributed by atoms with Gasteiger partial charge in [0.15, 0.2) is 11.5 Å². The fourth-order valence-corrected chi connectivity index (χ4v) is 2.27. The van der Waals surface area contributed by atoms with Crippen molar-refractivity contribution in [2.75, 3.05) is 24.8 Å². The molecule has 0 saturated heterocycles. The van der Waals surface area contributed by atoms with Crippen LogP contribution in [0.2, 0.25) is 0 Å². The van der Waals surface area contributed by atoms with E-state index in [9.17, 15) is 4.79 Å². The minimum atomic E-state index is -0.201. The van der Waals surface area contributed by atoms with Gasteiger partial charge in [-0.3, -0.25) is 4.79 Å². The molecule has 1 heterocycles. The molecule has 1 amide bonds. The summed E-state index contributed by atoms with van der Waals surface area (Å²) in [4.78, 5) is 13.9. The van der Waals surface area contributed by atoms with E-state index in [1.807, 2.05) is 24.3 Å². The average Bonchev–Trinajstić information content (AvgIpc) is 2.53. The Labute approximate surface area is 128 Å². The van der Waals surface area contributed by atoms with Crippen LogP contribution in [-0.2, 0) is 4.79 Å². The predicted molar refractivity (Wildman–Crippen MR) is 85.9 cm³/mol. The zero-order valence-electron chi connectivity index (χ0n) is 12.4. The van der Waals surface area contributed by atoms with Crippen LogP contribution in [0.1, 0.15) is 5.56 Å². The molecule has 0 atom stereocenters. The lowest BCUT2D eigenvalue weighted by Crippen LogP contribution is -2.33. The monoisotopic (exact) mass is 296 g/mol. The summed E-state index contributed by atoms with van der Waals surface area (Å²) in [5.74, 6) is 1.38. The van der Waals surface area contributed by atoms with Gasteiger partial charge < -0.3 is 20.1 Å². The van der Waals surface area contributed by atoms with E-state index in [2.05, 4.69) is 0 Å². The molecule has 5 heteroatoms. The number of fused-ring (bicyclic) bond motifs is 1. The van der Waals surface area contributed by atoms with Crippen molar-refractivity contribution in [3.05, 3.63) is 53.8 Å². The Morgan fingerprint density at radius 2 is 1.91 bits per heavy atom. The maximum atomic E-state index is 12.4. The Hall–Kier alpha value is -2.95. The van der Waals surface area contributed by atoms with Gasteiger partial charge in [0.25, 0.3) is 5.91 Å². The lowest BCUT2D eigenvalue weighted by Gasteiger charge is -2.27. The van der Waals surface area contributed by atoms with Crippen LogP contribution in [0.3, 0.4) is 0 Å². The molecule has 0 spiro atoms. The Morgan fingerprint density at radius 3 is 2.59 bits per heavy atom. The van der Waals surface area contributed by atoms with E-state index < -0.39 is 0 Å². The van der Waals surface area contributed by atoms with Crippen LogP contribution >= 0.6 is 0 Å². The van der Waals surface area contributed by atoms with Gasteiger partial charge in [0.2, 0.25) is 0 Å². The van der Waals surface area contributed by atoms with Gasteiger partial charge in [0.1, 0.15) is 5.75 Å². The summed E-state index contributed by atoms with van der Waals surface area (Å²) >= 11 is 0. The summed E-state index contributed by atoms with van der Waals surface area (Å²) in [5, 5.41) is 0. The molecule has 5 nitrogen and oxygen atoms in total. The van der Waals surface area contributed by atoms with Crippen LogP contribution in [0.5, 0.6) is 11.5 Å². The zero-order valence-corrected chi connectivity index (χ0v) is 12.4. The number of amides is 1. The number of ether oxygens (including phenoxy) is 2. The minimum Gasteiger partial charge on any atom is -0.497 e. The topological polar surface area (TPSA) is 64.8 Å². The zero-order chi connectivity index (χ0) is 15.7. The maximum absolute atomic E-state index is 12.4. The molecule has 3 rings (SSSR count). The van der Waals surface area contributed by atoms with Crippen LogP contribution < -0.4 is 20.1 Å². The number of hydrogen-bond donors (Lipinski definition) is 1. The number of carbonyl (C=O) groups is 1. The van der Waals surface area contributed by atoms with Crippen LogP contribution in [0.15, 0.2) is 48.2 Å². The van der Waals surface area contributed by atoms with E-state index in [1.54, 1.807) is 43.3 Å². The number of carbonyl (C=O) groups excluding carboxylic acids is 1. The first-order valence-electron chi connectivity index (χ1n) is 6.79. The third kappa shape index (κ3) is 2.48. The van der Waals surface area contributed by atoms with Crippen molar-refractivity contribution in [2.45, 2.75) is 0 Å². The molecule has 0 saturated carbocycles. The van der Waals surface area contributed by atoms with Gasteiger partial charge in [-0.1, -0.05) is 12.1 Å². The second kappa shape index (κ2) is 5.44. The minimum absolute atomic E-state index is 0.201. The average molecular weight is 296 g/mol. The number of anilines is 2. The summed E-state index contributed by atoms with van der Waals surface area (Å²) in [6.45, 7) is 0. The largest absolute Gasteiger partial charge is 0.497 e. The van der Waals surface area contributed by atoms with Gasteiger partial charge in [0.05, 0.1) is 12.8 Å². The Balaban J connectivity index is 1.97. The van der Waals surface area contributed by atoms with Crippen molar-refractivity contribution in [1.82, 2.24) is 0 Å². The van der Waals surface area contributed by atoms with Crippen molar-refractivity contribution in [1.29, 1.82) is 0 Å². The quantitative estimate of drug-likeness (QED) is 0.683. The summed E-state index contributed by atoms with van der Waals surface area (Å²) in [6, 6.07) is 12.6. The lowest BCUT2D eigenvalue weighted by atomic mass is 10.1. The third-order valence-corrected chi connectivity index (χ3v) is 3.49. The summed E-state index contributed by atoms with van der Waals surface area (Å²) in [7, 11) is 3.32. The van der Waals surface area contributed by atoms with Crippen molar-refractivity contribution in [3.8, 4) is 11.5 Å². The first-order chi connectivity index (χ1) is 10.6. The molecule has 112 valence electrons. The first-order valence-corrected chi connectivity index (χ1v) is 6.79. The fourth-order valence-electron chi connectivity index (χ4n) is 2.27. The highest BCUT2D eigenvalue weighted by Gasteiger charge is 2.27. The van der Waals surface area contributed by atoms with Crippen LogP contribution in [0.4, 0.5) is 11.4 Å². The Morgan fingerprint density at radius 1 is 1.18 bits per heavy atom. The van der Waals surface area contributed by atoms with E-state index in [0.29, 0.717) is 17.1 Å². The molecule has 0 aliphatic carbocycles. The van der Waals surface area contributed by atoms with E-state index >= 15 is 0 Å². The van der Waals surface area contributed by atoms with Gasteiger partial charge in [-0.05, 0) is 35.9 Å². The Bertz CT molecular complexity index is 751. The molecule has 1 aliphatic heterocycles. The van der Waals surface area contributed by atoms with Crippen molar-refractivity contribution >= 4 is 23.4 Å². The van der Waals surface area contributed by atoms with Gasteiger partial charge in [-0.25, -0.2) is 0 Å². The fraction of sp³-hybridized carbons (Fsp3) is 0.118. The molecule has 0 unspecified atom stereocenters. The molecular formula is C17H16N2O3. The summed E-state index contributed by atoms with van der Waals surface area (Å²) < 4.78 is 10.8. The van der Waals surface area contributed by atoms with Crippen molar-refractivity contribution in [2.24, 2.45) is 0 Å². The third-order valence-electron chi connectivity index (χ3n) is 3.49. The van der Waals surface area contributed by atoms with Crippen molar-refractivity contribution in [3.63, 3.8) is 0 Å². The number of benzene rings is 2. The summed E-state index contributed by atoms with van der Waals surface area (Å²) in [6.07, 6.45) is 1.70. The number of nitrogens with zero attached hydrogens (tertiary/aromatic N) is 1. The standard InChI is InChI=1S/C17H16N2O3/c1-19-14-8-5-12(18)10-15(14)22-16(17(19)20)9-11-3-6-13(21-2)7-4-11/h3-10H,18H2,1-2H3/b16-9+. The molecule has 2 N–H and O–H groups in total. The molecular weight excluding hydrogens is 280 g/mol. The highest BCUT2D eigenvalue weighted by molar-refractivity contribution is 6.09. The summed E-state index contributed by atoms with van der Waals surface area (Å²) in [5.41, 5.74) is 7.92. The number of hydrogen-bond acceptors (Lipinski definition) is 4. The maximum Gasteiger partial charge on any atom is 0.293 e. The molecule has 2 aromatic carbocycles. The van der Waals surface area contributed by atoms with Crippen LogP contribution in [0, 0.1) is 0 Å². The number of nitrogens with two attached hydrogens (primary N) is 1. The highest BCUT2D eigenvalue weighted by atomic mass is 16.5. The first kappa shape index (κ1) is 14.0. The number of methoxy groups -OCH3 is 1. The molecule has 0 bridgehead atoms. The number of rotatable bonds is 2. The molecule has 0 radical (unpaired) electrons. The van der Waals surface area contributed by atoms with Gasteiger partial charge in [-0.2, -0.15) is 0 Å². The second-order valence-electron chi connectivity index (χ2n) is 4.98. The SMILES string of the molecule is COc1ccc(/C=C2/Oc3cc(N)ccc3N(C)C2=O)cc1. The second-order valence-corrected chi connectivity index (χ2v) is 4.98. The molecule has 22 heavy (non-hydrogen) atoms. The number of nitrogen functional groups attached to an aromatic ring is 1. The Kier molecular flexibility index (Phi) is 3.47. The van der Waals surface area contributed by atoms with E-state index in [1.165, 1.54) is 0 Å². The van der Waals surface area contributed by atoms with E-state index in [-0.39, 0.29) is 11.7 Å². The highest BCUT2D eigenvalue weighted by Crippen LogP contribution is 2.36. The predicted octanol–water partition coefficient (Wildman–Crippen LogP) is 2.67. The molecule has 1 aliphatic rings. The normalized spacial score (nSPS) is 15.5. The molecule has 2 aromatic rings. The smallest absolute Gasteiger partial charge is 0.293 e. The number of likely N-dealkylation sites (N-methyl/N-ethyl adjacent to an activating group) is 1. The molecule has 0 fully saturated rings. The van der Waals surface area contributed by atoms with Gasteiger partial charge >= 0.3 is 0 Å².